The summed E-state index contributed by atoms with van der Waals surface area (Å²) in [4.78, 5) is 23.5. The van der Waals surface area contributed by atoms with Crippen LogP contribution in [0.4, 0.5) is 0 Å². The average Bonchev–Trinajstić information content (AvgIpc) is 2.85. The molecule has 0 radical (unpaired) electrons. The summed E-state index contributed by atoms with van der Waals surface area (Å²) in [6.07, 6.45) is 7.53. The van der Waals surface area contributed by atoms with Gasteiger partial charge in [0.1, 0.15) is 4.88 Å². The molecule has 2 heterocycles. The van der Waals surface area contributed by atoms with Crippen LogP contribution in [-0.4, -0.2) is 17.9 Å². The van der Waals surface area contributed by atoms with Gasteiger partial charge in [-0.1, -0.05) is 12.5 Å². The van der Waals surface area contributed by atoms with Crippen molar-refractivity contribution in [2.75, 3.05) is 0 Å². The number of rotatable bonds is 4. The average molecular weight is 279 g/mol. The largest absolute Gasteiger partial charge is 0.431 e. The summed E-state index contributed by atoms with van der Waals surface area (Å²) in [6.45, 7) is 0. The van der Waals surface area contributed by atoms with E-state index in [0.29, 0.717) is 17.7 Å². The first kappa shape index (κ1) is 13.8. The Kier molecular flexibility index (Phi) is 5.15. The minimum absolute atomic E-state index is 0.117. The Hall–Kier alpha value is -1.62. The number of ether oxygens (including phenoxy) is 1. The van der Waals surface area contributed by atoms with Crippen molar-refractivity contribution in [2.24, 2.45) is 0 Å². The fourth-order valence-electron chi connectivity index (χ4n) is 2.01. The first-order valence-electron chi connectivity index (χ1n) is 6.44. The third-order valence-corrected chi connectivity index (χ3v) is 3.84. The number of amides is 1. The standard InChI is InChI=1S/C14H17NO3S/c16-13-8-2-1-5-11(15-13)6-3-9-18-14(17)12-7-4-10-19-12/h3-4,7,9-11H,1-2,5-6,8H2,(H,15,16). The molecule has 0 bridgehead atoms. The molecule has 1 N–H and O–H groups in total. The molecule has 0 saturated carbocycles. The highest BCUT2D eigenvalue weighted by Gasteiger charge is 2.14. The lowest BCUT2D eigenvalue weighted by atomic mass is 10.1. The Morgan fingerprint density at radius 1 is 1.53 bits per heavy atom. The smallest absolute Gasteiger partial charge is 0.353 e. The van der Waals surface area contributed by atoms with Crippen LogP contribution in [-0.2, 0) is 9.53 Å². The van der Waals surface area contributed by atoms with Gasteiger partial charge in [-0.25, -0.2) is 4.79 Å². The van der Waals surface area contributed by atoms with Gasteiger partial charge in [-0.2, -0.15) is 0 Å². The van der Waals surface area contributed by atoms with Crippen LogP contribution in [0.25, 0.3) is 0 Å². The van der Waals surface area contributed by atoms with Crippen LogP contribution >= 0.6 is 11.3 Å². The van der Waals surface area contributed by atoms with E-state index in [4.69, 9.17) is 4.74 Å². The molecule has 0 aromatic carbocycles. The van der Waals surface area contributed by atoms with Crippen LogP contribution in [0.15, 0.2) is 29.9 Å². The third kappa shape index (κ3) is 4.52. The summed E-state index contributed by atoms with van der Waals surface area (Å²) in [5.74, 6) is -0.220. The van der Waals surface area contributed by atoms with E-state index < -0.39 is 0 Å². The Labute approximate surface area is 116 Å². The van der Waals surface area contributed by atoms with Crippen molar-refractivity contribution >= 4 is 23.2 Å². The van der Waals surface area contributed by atoms with E-state index in [9.17, 15) is 9.59 Å². The summed E-state index contributed by atoms with van der Waals surface area (Å²) in [5, 5.41) is 4.80. The highest BCUT2D eigenvalue weighted by atomic mass is 32.1. The van der Waals surface area contributed by atoms with Crippen molar-refractivity contribution in [2.45, 2.75) is 38.1 Å². The predicted molar refractivity (Wildman–Crippen MR) is 73.9 cm³/mol. The van der Waals surface area contributed by atoms with Crippen LogP contribution in [0.2, 0.25) is 0 Å². The van der Waals surface area contributed by atoms with Crippen molar-refractivity contribution in [1.82, 2.24) is 5.32 Å². The molecule has 2 rings (SSSR count). The molecule has 102 valence electrons. The monoisotopic (exact) mass is 279 g/mol. The van der Waals surface area contributed by atoms with E-state index in [-0.39, 0.29) is 17.9 Å². The Morgan fingerprint density at radius 3 is 3.21 bits per heavy atom. The number of nitrogens with one attached hydrogen (secondary N) is 1. The Balaban J connectivity index is 1.74. The van der Waals surface area contributed by atoms with Gasteiger partial charge in [-0.15, -0.1) is 11.3 Å². The van der Waals surface area contributed by atoms with Crippen molar-refractivity contribution in [3.05, 3.63) is 34.7 Å². The lowest BCUT2D eigenvalue weighted by Crippen LogP contribution is -2.32. The number of thiophene rings is 1. The van der Waals surface area contributed by atoms with E-state index in [1.807, 2.05) is 11.4 Å². The maximum Gasteiger partial charge on any atom is 0.353 e. The molecule has 1 saturated heterocycles. The van der Waals surface area contributed by atoms with E-state index in [2.05, 4.69) is 5.32 Å². The minimum Gasteiger partial charge on any atom is -0.431 e. The maximum atomic E-state index is 11.5. The molecule has 4 nitrogen and oxygen atoms in total. The van der Waals surface area contributed by atoms with Crippen LogP contribution in [0, 0.1) is 0 Å². The summed E-state index contributed by atoms with van der Waals surface area (Å²) in [5.41, 5.74) is 0. The minimum atomic E-state index is -0.337. The zero-order valence-corrected chi connectivity index (χ0v) is 11.4. The molecule has 1 aromatic rings. The molecule has 0 aliphatic carbocycles. The molecule has 1 aliphatic rings. The van der Waals surface area contributed by atoms with Crippen molar-refractivity contribution in [3.8, 4) is 0 Å². The summed E-state index contributed by atoms with van der Waals surface area (Å²) in [6, 6.07) is 3.70. The van der Waals surface area contributed by atoms with Gasteiger partial charge in [0.25, 0.3) is 0 Å². The van der Waals surface area contributed by atoms with Crippen molar-refractivity contribution < 1.29 is 14.3 Å². The number of hydrogen-bond acceptors (Lipinski definition) is 4. The second-order valence-electron chi connectivity index (χ2n) is 4.50. The first-order chi connectivity index (χ1) is 9.25. The fourth-order valence-corrected chi connectivity index (χ4v) is 2.61. The topological polar surface area (TPSA) is 55.4 Å². The third-order valence-electron chi connectivity index (χ3n) is 2.99. The molecule has 1 aromatic heterocycles. The molecule has 19 heavy (non-hydrogen) atoms. The van der Waals surface area contributed by atoms with Crippen LogP contribution in [0.1, 0.15) is 41.8 Å². The van der Waals surface area contributed by atoms with Crippen LogP contribution in [0.5, 0.6) is 0 Å². The van der Waals surface area contributed by atoms with Gasteiger partial charge in [-0.3, -0.25) is 4.79 Å². The lowest BCUT2D eigenvalue weighted by molar-refractivity contribution is -0.121. The number of esters is 1. The quantitative estimate of drug-likeness (QED) is 0.681. The van der Waals surface area contributed by atoms with Crippen molar-refractivity contribution in [3.63, 3.8) is 0 Å². The molecule has 1 unspecified atom stereocenters. The van der Waals surface area contributed by atoms with Gasteiger partial charge in [0, 0.05) is 12.5 Å². The first-order valence-corrected chi connectivity index (χ1v) is 7.32. The summed E-state index contributed by atoms with van der Waals surface area (Å²) in [7, 11) is 0. The number of carbonyl (C=O) groups excluding carboxylic acids is 2. The Bertz CT molecular complexity index is 453. The maximum absolute atomic E-state index is 11.5. The molecule has 1 fully saturated rings. The van der Waals surface area contributed by atoms with E-state index in [1.54, 1.807) is 12.1 Å². The van der Waals surface area contributed by atoms with Gasteiger partial charge < -0.3 is 10.1 Å². The lowest BCUT2D eigenvalue weighted by Gasteiger charge is -2.12. The second-order valence-corrected chi connectivity index (χ2v) is 5.45. The van der Waals surface area contributed by atoms with E-state index in [0.717, 1.165) is 19.3 Å². The zero-order valence-electron chi connectivity index (χ0n) is 10.6. The summed E-state index contributed by atoms with van der Waals surface area (Å²) >= 11 is 1.35. The zero-order chi connectivity index (χ0) is 13.5. The van der Waals surface area contributed by atoms with E-state index in [1.165, 1.54) is 17.6 Å². The SMILES string of the molecule is O=C1CCCCC(CC=COC(=O)c2cccs2)N1. The Morgan fingerprint density at radius 2 is 2.42 bits per heavy atom. The van der Waals surface area contributed by atoms with Crippen LogP contribution < -0.4 is 5.32 Å². The van der Waals surface area contributed by atoms with E-state index >= 15 is 0 Å². The molecule has 1 aliphatic heterocycles. The van der Waals surface area contributed by atoms with Gasteiger partial charge in [0.15, 0.2) is 0 Å². The van der Waals surface area contributed by atoms with Gasteiger partial charge in [0.05, 0.1) is 6.26 Å². The van der Waals surface area contributed by atoms with Gasteiger partial charge >= 0.3 is 5.97 Å². The summed E-state index contributed by atoms with van der Waals surface area (Å²) < 4.78 is 5.01. The molecule has 1 atom stereocenters. The molecular weight excluding hydrogens is 262 g/mol. The molecular formula is C14H17NO3S. The molecule has 5 heteroatoms. The van der Waals surface area contributed by atoms with Crippen LogP contribution in [0.3, 0.4) is 0 Å². The number of carbonyl (C=O) groups is 2. The van der Waals surface area contributed by atoms with Crippen molar-refractivity contribution in [1.29, 1.82) is 0 Å². The predicted octanol–water partition coefficient (Wildman–Crippen LogP) is 2.87. The second kappa shape index (κ2) is 7.09. The highest BCUT2D eigenvalue weighted by Crippen LogP contribution is 2.13. The normalized spacial score (nSPS) is 20.0. The fraction of sp³-hybridized carbons (Fsp3) is 0.429. The highest BCUT2D eigenvalue weighted by molar-refractivity contribution is 7.11. The number of hydrogen-bond donors (Lipinski definition) is 1. The molecule has 1 amide bonds. The van der Waals surface area contributed by atoms with Gasteiger partial charge in [0.2, 0.25) is 5.91 Å². The van der Waals surface area contributed by atoms with Gasteiger partial charge in [-0.05, 0) is 36.8 Å². The molecule has 0 spiro atoms.